The second-order valence-electron chi connectivity index (χ2n) is 5.14. The lowest BCUT2D eigenvalue weighted by atomic mass is 9.92. The summed E-state index contributed by atoms with van der Waals surface area (Å²) in [6.07, 6.45) is 13.6. The van der Waals surface area contributed by atoms with Crippen molar-refractivity contribution in [3.8, 4) is 12.3 Å². The van der Waals surface area contributed by atoms with Crippen LogP contribution in [0.2, 0.25) is 0 Å². The zero-order valence-corrected chi connectivity index (χ0v) is 14.3. The van der Waals surface area contributed by atoms with Crippen LogP contribution in [0.1, 0.15) is 32.6 Å². The molecule has 0 aromatic heterocycles. The summed E-state index contributed by atoms with van der Waals surface area (Å²) < 4.78 is 12.5. The molecule has 0 N–H and O–H groups in total. The third-order valence-electron chi connectivity index (χ3n) is 3.82. The van der Waals surface area contributed by atoms with Crippen LogP contribution in [0.4, 0.5) is 0 Å². The number of ether oxygens (including phenoxy) is 2. The average Bonchev–Trinajstić information content (AvgIpc) is 2.38. The fraction of sp³-hybridized carbons (Fsp3) is 0.733. The summed E-state index contributed by atoms with van der Waals surface area (Å²) in [6.45, 7) is 2.17. The highest BCUT2D eigenvalue weighted by molar-refractivity contribution is 9.09. The van der Waals surface area contributed by atoms with Crippen molar-refractivity contribution in [2.45, 2.75) is 66.7 Å². The fourth-order valence-corrected chi connectivity index (χ4v) is 4.36. The van der Waals surface area contributed by atoms with Crippen LogP contribution in [0.3, 0.4) is 0 Å². The van der Waals surface area contributed by atoms with E-state index >= 15 is 0 Å². The monoisotopic (exact) mass is 390 g/mol. The molecule has 2 unspecified atom stereocenters. The number of fused-ring (bicyclic) bond motifs is 5. The second kappa shape index (κ2) is 7.26. The number of hydrogen-bond donors (Lipinski definition) is 0. The zero-order valence-electron chi connectivity index (χ0n) is 11.1. The van der Waals surface area contributed by atoms with Gasteiger partial charge in [-0.05, 0) is 31.8 Å². The van der Waals surface area contributed by atoms with E-state index in [-0.39, 0.29) is 24.4 Å². The Balaban J connectivity index is 2.09. The number of alkyl halides is 2. The molecular formula is C15H20Br2O2. The van der Waals surface area contributed by atoms with Crippen molar-refractivity contribution < 1.29 is 9.47 Å². The number of allylic oxidation sites excluding steroid dienone is 1. The summed E-state index contributed by atoms with van der Waals surface area (Å²) in [7, 11) is 0. The maximum Gasteiger partial charge on any atom is 0.0876 e. The van der Waals surface area contributed by atoms with Crippen molar-refractivity contribution in [1.29, 1.82) is 0 Å². The van der Waals surface area contributed by atoms with Gasteiger partial charge in [0.1, 0.15) is 0 Å². The Morgan fingerprint density at radius 3 is 2.53 bits per heavy atom. The van der Waals surface area contributed by atoms with E-state index in [1.165, 1.54) is 0 Å². The highest BCUT2D eigenvalue weighted by Gasteiger charge is 2.42. The number of terminal acetylenes is 1. The maximum atomic E-state index is 6.27. The van der Waals surface area contributed by atoms with Gasteiger partial charge in [0.05, 0.1) is 24.4 Å². The second-order valence-corrected chi connectivity index (χ2v) is 7.49. The number of hydrogen-bond acceptors (Lipinski definition) is 2. The first-order valence-electron chi connectivity index (χ1n) is 6.85. The molecule has 0 spiro atoms. The highest BCUT2D eigenvalue weighted by atomic mass is 79.9. The SMILES string of the molecule is C#C/C=C/CC1O[C@H]2C[C@H](Br)[C@@H](CC)OC1C[C@@H]2Br. The first-order valence-corrected chi connectivity index (χ1v) is 8.69. The van der Waals surface area contributed by atoms with Crippen LogP contribution in [-0.4, -0.2) is 34.1 Å². The van der Waals surface area contributed by atoms with Crippen molar-refractivity contribution >= 4 is 31.9 Å². The number of halogens is 2. The van der Waals surface area contributed by atoms with Gasteiger partial charge in [-0.15, -0.1) is 6.42 Å². The van der Waals surface area contributed by atoms with Gasteiger partial charge in [-0.2, -0.15) is 0 Å². The third kappa shape index (κ3) is 3.85. The van der Waals surface area contributed by atoms with Crippen LogP contribution >= 0.6 is 31.9 Å². The summed E-state index contributed by atoms with van der Waals surface area (Å²) in [5.41, 5.74) is 0. The van der Waals surface area contributed by atoms with Crippen LogP contribution in [0.25, 0.3) is 0 Å². The van der Waals surface area contributed by atoms with E-state index < -0.39 is 0 Å². The highest BCUT2D eigenvalue weighted by Crippen LogP contribution is 2.38. The molecule has 106 valence electrons. The quantitative estimate of drug-likeness (QED) is 0.537. The molecule has 3 saturated heterocycles. The van der Waals surface area contributed by atoms with Crippen molar-refractivity contribution in [3.63, 3.8) is 0 Å². The Labute approximate surface area is 132 Å². The molecular weight excluding hydrogens is 372 g/mol. The fourth-order valence-electron chi connectivity index (χ4n) is 2.78. The van der Waals surface area contributed by atoms with E-state index in [1.54, 1.807) is 6.08 Å². The molecule has 0 saturated carbocycles. The maximum absolute atomic E-state index is 6.27. The first-order chi connectivity index (χ1) is 9.15. The summed E-state index contributed by atoms with van der Waals surface area (Å²) in [4.78, 5) is 0.746. The molecule has 19 heavy (non-hydrogen) atoms. The van der Waals surface area contributed by atoms with Gasteiger partial charge in [0.2, 0.25) is 0 Å². The predicted molar refractivity (Wildman–Crippen MR) is 84.9 cm³/mol. The molecule has 0 radical (unpaired) electrons. The third-order valence-corrected chi connectivity index (χ3v) is 5.75. The van der Waals surface area contributed by atoms with E-state index in [9.17, 15) is 0 Å². The number of rotatable bonds is 3. The molecule has 3 fully saturated rings. The molecule has 0 aromatic rings. The van der Waals surface area contributed by atoms with E-state index in [2.05, 4.69) is 44.7 Å². The minimum atomic E-state index is 0.123. The van der Waals surface area contributed by atoms with Gasteiger partial charge >= 0.3 is 0 Å². The average molecular weight is 392 g/mol. The van der Waals surface area contributed by atoms with Crippen molar-refractivity contribution in [2.75, 3.05) is 0 Å². The molecule has 2 bridgehead atoms. The van der Waals surface area contributed by atoms with Crippen LogP contribution in [-0.2, 0) is 9.47 Å². The molecule has 0 amide bonds. The normalized spacial score (nSPS) is 42.8. The molecule has 4 heteroatoms. The predicted octanol–water partition coefficient (Wildman–Crippen LogP) is 3.82. The summed E-state index contributed by atoms with van der Waals surface area (Å²) >= 11 is 7.48. The molecule has 2 nitrogen and oxygen atoms in total. The lowest BCUT2D eigenvalue weighted by Crippen LogP contribution is -2.52. The lowest BCUT2D eigenvalue weighted by Gasteiger charge is -2.45. The van der Waals surface area contributed by atoms with Gasteiger partial charge in [-0.25, -0.2) is 0 Å². The molecule has 0 aromatic carbocycles. The summed E-state index contributed by atoms with van der Waals surface area (Å²) in [6, 6.07) is 0. The van der Waals surface area contributed by atoms with E-state index in [4.69, 9.17) is 15.9 Å². The topological polar surface area (TPSA) is 18.5 Å². The Kier molecular flexibility index (Phi) is 5.95. The molecule has 3 aliphatic rings. The Morgan fingerprint density at radius 1 is 1.16 bits per heavy atom. The van der Waals surface area contributed by atoms with Crippen molar-refractivity contribution in [1.82, 2.24) is 0 Å². The smallest absolute Gasteiger partial charge is 0.0876 e. The molecule has 3 aliphatic heterocycles. The van der Waals surface area contributed by atoms with Gasteiger partial charge < -0.3 is 9.47 Å². The minimum absolute atomic E-state index is 0.123. The standard InChI is InChI=1S/C15H20Br2O2/c1-3-5-6-7-13-15-9-11(17)14(19-13)8-10(16)12(4-2)18-15/h1,5-6,10-15H,4,7-9H2,2H3/b6-5+/t10-,11-,12+,13?,14-,15?/m0/s1. The van der Waals surface area contributed by atoms with Crippen molar-refractivity contribution in [3.05, 3.63) is 12.2 Å². The van der Waals surface area contributed by atoms with Crippen LogP contribution in [0, 0.1) is 12.3 Å². The van der Waals surface area contributed by atoms with Gasteiger partial charge in [0.15, 0.2) is 0 Å². The van der Waals surface area contributed by atoms with Crippen LogP contribution in [0.15, 0.2) is 12.2 Å². The van der Waals surface area contributed by atoms with E-state index in [0.29, 0.717) is 9.65 Å². The minimum Gasteiger partial charge on any atom is -0.371 e. The lowest BCUT2D eigenvalue weighted by molar-refractivity contribution is -0.173. The Bertz CT molecular complexity index is 364. The Morgan fingerprint density at radius 2 is 1.84 bits per heavy atom. The van der Waals surface area contributed by atoms with Gasteiger partial charge in [-0.3, -0.25) is 0 Å². The first kappa shape index (κ1) is 15.6. The van der Waals surface area contributed by atoms with Gasteiger partial charge in [-0.1, -0.05) is 50.8 Å². The molecule has 3 rings (SSSR count). The van der Waals surface area contributed by atoms with Crippen LogP contribution in [0.5, 0.6) is 0 Å². The largest absolute Gasteiger partial charge is 0.371 e. The zero-order chi connectivity index (χ0) is 13.8. The van der Waals surface area contributed by atoms with Gasteiger partial charge in [0, 0.05) is 9.65 Å². The van der Waals surface area contributed by atoms with Gasteiger partial charge in [0.25, 0.3) is 0 Å². The molecule has 0 aliphatic carbocycles. The summed E-state index contributed by atoms with van der Waals surface area (Å²) in [5.74, 6) is 2.52. The van der Waals surface area contributed by atoms with Crippen LogP contribution < -0.4 is 0 Å². The summed E-state index contributed by atoms with van der Waals surface area (Å²) in [5, 5.41) is 0. The van der Waals surface area contributed by atoms with E-state index in [0.717, 1.165) is 25.7 Å². The molecule has 3 heterocycles. The molecule has 6 atom stereocenters. The van der Waals surface area contributed by atoms with Crippen molar-refractivity contribution in [2.24, 2.45) is 0 Å². The Hall–Kier alpha value is 0.180. The van der Waals surface area contributed by atoms with E-state index in [1.807, 2.05) is 6.08 Å².